The van der Waals surface area contributed by atoms with E-state index in [-0.39, 0.29) is 17.8 Å². The highest BCUT2D eigenvalue weighted by Crippen LogP contribution is 2.31. The Morgan fingerprint density at radius 3 is 2.61 bits per heavy atom. The first-order chi connectivity index (χ1) is 11.1. The molecule has 1 aliphatic rings. The second-order valence-electron chi connectivity index (χ2n) is 6.30. The lowest BCUT2D eigenvalue weighted by Gasteiger charge is -2.23. The summed E-state index contributed by atoms with van der Waals surface area (Å²) >= 11 is 0. The number of aromatic nitrogens is 2. The molecule has 1 aliphatic heterocycles. The second-order valence-corrected chi connectivity index (χ2v) is 6.30. The predicted molar refractivity (Wildman–Crippen MR) is 88.2 cm³/mol. The van der Waals surface area contributed by atoms with E-state index >= 15 is 0 Å². The summed E-state index contributed by atoms with van der Waals surface area (Å²) in [5.41, 5.74) is 0.666. The molecular formula is C17H23N3O3. The van der Waals surface area contributed by atoms with E-state index in [1.54, 1.807) is 24.9 Å². The van der Waals surface area contributed by atoms with E-state index in [0.29, 0.717) is 11.3 Å². The number of methoxy groups -OCH3 is 2. The average molecular weight is 317 g/mol. The van der Waals surface area contributed by atoms with Crippen LogP contribution < -0.4 is 10.9 Å². The number of hydrogen-bond donors (Lipinski definition) is 1. The number of para-hydroxylation sites is 1. The molecule has 0 saturated carbocycles. The van der Waals surface area contributed by atoms with Gasteiger partial charge in [-0.2, -0.15) is 0 Å². The van der Waals surface area contributed by atoms with Crippen LogP contribution in [0.15, 0.2) is 29.1 Å². The number of nitrogens with zero attached hydrogens (tertiary/aromatic N) is 2. The summed E-state index contributed by atoms with van der Waals surface area (Å²) in [5.74, 6) is 1.23. The zero-order valence-corrected chi connectivity index (χ0v) is 13.9. The predicted octanol–water partition coefficient (Wildman–Crippen LogP) is 2.20. The van der Waals surface area contributed by atoms with Crippen LogP contribution in [0, 0.1) is 5.92 Å². The Kier molecular flexibility index (Phi) is 4.48. The molecule has 0 amide bonds. The third kappa shape index (κ3) is 2.78. The molecule has 1 N–H and O–H groups in total. The number of hydrogen-bond acceptors (Lipinski definition) is 5. The summed E-state index contributed by atoms with van der Waals surface area (Å²) in [7, 11) is 3.15. The maximum Gasteiger partial charge on any atom is 0.262 e. The largest absolute Gasteiger partial charge is 0.353 e. The van der Waals surface area contributed by atoms with E-state index in [1.165, 1.54) is 0 Å². The molecule has 1 aromatic heterocycles. The summed E-state index contributed by atoms with van der Waals surface area (Å²) in [6, 6.07) is 7.44. The first-order valence-electron chi connectivity index (χ1n) is 7.89. The fourth-order valence-corrected chi connectivity index (χ4v) is 3.23. The van der Waals surface area contributed by atoms with E-state index in [2.05, 4.69) is 19.2 Å². The molecule has 0 aliphatic carbocycles. The van der Waals surface area contributed by atoms with Gasteiger partial charge in [-0.3, -0.25) is 14.7 Å². The summed E-state index contributed by atoms with van der Waals surface area (Å²) < 4.78 is 12.5. The van der Waals surface area contributed by atoms with E-state index in [0.717, 1.165) is 17.8 Å². The van der Waals surface area contributed by atoms with Gasteiger partial charge in [0.25, 0.3) is 5.56 Å². The molecule has 23 heavy (non-hydrogen) atoms. The monoisotopic (exact) mass is 317 g/mol. The first-order valence-corrected chi connectivity index (χ1v) is 7.89. The molecule has 2 atom stereocenters. The number of nitrogens with one attached hydrogen (secondary N) is 1. The fraction of sp³-hybridized carbons (Fsp3) is 0.529. The third-order valence-corrected chi connectivity index (χ3v) is 4.23. The van der Waals surface area contributed by atoms with E-state index < -0.39 is 6.29 Å². The van der Waals surface area contributed by atoms with Crippen molar-refractivity contribution in [1.29, 1.82) is 0 Å². The smallest absolute Gasteiger partial charge is 0.262 e. The molecular weight excluding hydrogens is 294 g/mol. The Hall–Kier alpha value is -1.76. The van der Waals surface area contributed by atoms with Gasteiger partial charge >= 0.3 is 0 Å². The van der Waals surface area contributed by atoms with Crippen molar-refractivity contribution in [2.45, 2.75) is 38.8 Å². The van der Waals surface area contributed by atoms with Crippen LogP contribution in [-0.2, 0) is 9.47 Å². The quantitative estimate of drug-likeness (QED) is 0.857. The Bertz CT molecular complexity index is 752. The normalized spacial score (nSPS) is 20.6. The van der Waals surface area contributed by atoms with Gasteiger partial charge in [-0.1, -0.05) is 26.0 Å². The Balaban J connectivity index is 2.19. The zero-order chi connectivity index (χ0) is 16.6. The van der Waals surface area contributed by atoms with Crippen LogP contribution in [0.3, 0.4) is 0 Å². The van der Waals surface area contributed by atoms with E-state index in [1.807, 2.05) is 18.2 Å². The molecule has 0 fully saturated rings. The Morgan fingerprint density at radius 1 is 1.26 bits per heavy atom. The molecule has 2 aromatic rings. The van der Waals surface area contributed by atoms with Gasteiger partial charge in [-0.25, -0.2) is 4.98 Å². The molecule has 1 aromatic carbocycles. The minimum Gasteiger partial charge on any atom is -0.353 e. The maximum absolute atomic E-state index is 13.0. The molecule has 0 saturated heterocycles. The molecule has 1 unspecified atom stereocenters. The second kappa shape index (κ2) is 6.39. The molecule has 0 radical (unpaired) electrons. The Morgan fingerprint density at radius 2 is 1.96 bits per heavy atom. The summed E-state index contributed by atoms with van der Waals surface area (Å²) in [6.07, 6.45) is -0.0403. The van der Waals surface area contributed by atoms with Crippen LogP contribution in [-0.4, -0.2) is 30.1 Å². The molecule has 124 valence electrons. The average Bonchev–Trinajstić information content (AvgIpc) is 2.87. The van der Waals surface area contributed by atoms with Crippen LogP contribution in [0.2, 0.25) is 0 Å². The highest BCUT2D eigenvalue weighted by molar-refractivity contribution is 5.77. The topological polar surface area (TPSA) is 65.4 Å². The van der Waals surface area contributed by atoms with E-state index in [9.17, 15) is 4.79 Å². The van der Waals surface area contributed by atoms with Crippen molar-refractivity contribution in [3.05, 3.63) is 40.4 Å². The molecule has 0 bridgehead atoms. The van der Waals surface area contributed by atoms with Crippen LogP contribution in [0.1, 0.15) is 38.3 Å². The Labute approximate surface area is 135 Å². The van der Waals surface area contributed by atoms with Gasteiger partial charge in [0.05, 0.1) is 16.9 Å². The van der Waals surface area contributed by atoms with E-state index in [4.69, 9.17) is 14.5 Å². The van der Waals surface area contributed by atoms with Crippen molar-refractivity contribution < 1.29 is 9.47 Å². The van der Waals surface area contributed by atoms with Crippen molar-refractivity contribution in [3.8, 4) is 0 Å². The van der Waals surface area contributed by atoms with Gasteiger partial charge in [0.1, 0.15) is 12.0 Å². The van der Waals surface area contributed by atoms with Gasteiger partial charge in [0, 0.05) is 14.2 Å². The summed E-state index contributed by atoms with van der Waals surface area (Å²) in [5, 5.41) is 4.07. The minimum absolute atomic E-state index is 0.00473. The number of rotatable bonds is 5. The number of ether oxygens (including phenoxy) is 2. The van der Waals surface area contributed by atoms with Crippen LogP contribution in [0.25, 0.3) is 10.9 Å². The standard InChI is InChI=1S/C17H23N3O3/c1-10(2)9-13-14-18-12-8-6-5-7-11(12)16(21)20(14)15(19-13)17(22-3)23-4/h5-8,10,13,15,17,19H,9H2,1-4H3/t13-,15?/m0/s1. The molecule has 3 rings (SSSR count). The van der Waals surface area contributed by atoms with Gasteiger partial charge < -0.3 is 9.47 Å². The molecule has 6 heteroatoms. The highest BCUT2D eigenvalue weighted by atomic mass is 16.7. The number of benzene rings is 1. The van der Waals surface area contributed by atoms with Gasteiger partial charge in [0.15, 0.2) is 6.29 Å². The van der Waals surface area contributed by atoms with Gasteiger partial charge in [-0.05, 0) is 24.5 Å². The van der Waals surface area contributed by atoms with Crippen LogP contribution in [0.4, 0.5) is 0 Å². The lowest BCUT2D eigenvalue weighted by atomic mass is 10.0. The highest BCUT2D eigenvalue weighted by Gasteiger charge is 2.38. The van der Waals surface area contributed by atoms with Gasteiger partial charge in [-0.15, -0.1) is 0 Å². The lowest BCUT2D eigenvalue weighted by molar-refractivity contribution is -0.137. The zero-order valence-electron chi connectivity index (χ0n) is 13.9. The van der Waals surface area contributed by atoms with Crippen molar-refractivity contribution in [2.24, 2.45) is 5.92 Å². The third-order valence-electron chi connectivity index (χ3n) is 4.23. The number of fused-ring (bicyclic) bond motifs is 2. The molecule has 6 nitrogen and oxygen atoms in total. The van der Waals surface area contributed by atoms with Crippen molar-refractivity contribution >= 4 is 10.9 Å². The summed E-state index contributed by atoms with van der Waals surface area (Å²) in [6.45, 7) is 4.31. The fourth-order valence-electron chi connectivity index (χ4n) is 3.23. The maximum atomic E-state index is 13.0. The lowest BCUT2D eigenvalue weighted by Crippen LogP contribution is -2.38. The summed E-state index contributed by atoms with van der Waals surface area (Å²) in [4.78, 5) is 17.7. The van der Waals surface area contributed by atoms with Crippen molar-refractivity contribution in [3.63, 3.8) is 0 Å². The molecule has 0 spiro atoms. The molecule has 2 heterocycles. The van der Waals surface area contributed by atoms with Crippen molar-refractivity contribution in [1.82, 2.24) is 14.9 Å². The SMILES string of the molecule is COC(OC)C1N[C@@H](CC(C)C)c2nc3ccccc3c(=O)n21. The van der Waals surface area contributed by atoms with Crippen molar-refractivity contribution in [2.75, 3.05) is 14.2 Å². The minimum atomic E-state index is -0.549. The van der Waals surface area contributed by atoms with Crippen LogP contribution >= 0.6 is 0 Å². The van der Waals surface area contributed by atoms with Crippen LogP contribution in [0.5, 0.6) is 0 Å². The first kappa shape index (κ1) is 16.1. The van der Waals surface area contributed by atoms with Gasteiger partial charge in [0.2, 0.25) is 0 Å².